The van der Waals surface area contributed by atoms with Gasteiger partial charge in [0.1, 0.15) is 17.3 Å². The molecule has 0 N–H and O–H groups in total. The molecule has 0 spiro atoms. The summed E-state index contributed by atoms with van der Waals surface area (Å²) in [4.78, 5) is 19.3. The number of anilines is 1. The third-order valence-electron chi connectivity index (χ3n) is 4.12. The van der Waals surface area contributed by atoms with Gasteiger partial charge in [-0.25, -0.2) is 9.37 Å². The molecule has 2 aromatic carbocycles. The number of halogens is 1. The van der Waals surface area contributed by atoms with Gasteiger partial charge < -0.3 is 9.15 Å². The third kappa shape index (κ3) is 3.75. The first kappa shape index (κ1) is 18.2. The molecule has 0 radical (unpaired) electrons. The number of hydrogen-bond acceptors (Lipinski definition) is 5. The largest absolute Gasteiger partial charge is 0.494 e. The Balaban J connectivity index is 1.73. The minimum absolute atomic E-state index is 0.224. The Hall–Kier alpha value is -3.19. The lowest BCUT2D eigenvalue weighted by atomic mass is 10.2. The van der Waals surface area contributed by atoms with Crippen molar-refractivity contribution in [3.05, 3.63) is 78.0 Å². The van der Waals surface area contributed by atoms with E-state index in [4.69, 9.17) is 9.15 Å². The fraction of sp³-hybridized carbons (Fsp3) is 0.143. The van der Waals surface area contributed by atoms with Gasteiger partial charge in [0.2, 0.25) is 0 Å². The van der Waals surface area contributed by atoms with Crippen LogP contribution in [-0.2, 0) is 6.54 Å². The molecule has 2 heterocycles. The summed E-state index contributed by atoms with van der Waals surface area (Å²) in [6, 6.07) is 14.7. The van der Waals surface area contributed by atoms with Gasteiger partial charge in [0.15, 0.2) is 5.13 Å². The van der Waals surface area contributed by atoms with Gasteiger partial charge in [-0.15, -0.1) is 0 Å². The zero-order valence-electron chi connectivity index (χ0n) is 15.1. The van der Waals surface area contributed by atoms with Crippen LogP contribution in [-0.4, -0.2) is 17.5 Å². The van der Waals surface area contributed by atoms with E-state index in [9.17, 15) is 9.18 Å². The standard InChI is InChI=1S/C21H17FN2O3S/c1-2-26-16-9-10-18-19(12-16)28-21(23-18)24(13-17-4-3-11-27-17)20(25)14-5-7-15(22)8-6-14/h3-12H,2,13H2,1H3. The summed E-state index contributed by atoms with van der Waals surface area (Å²) in [5.41, 5.74) is 1.15. The molecule has 28 heavy (non-hydrogen) atoms. The van der Waals surface area contributed by atoms with Crippen molar-refractivity contribution in [2.24, 2.45) is 0 Å². The number of furan rings is 1. The zero-order valence-corrected chi connectivity index (χ0v) is 15.9. The summed E-state index contributed by atoms with van der Waals surface area (Å²) in [6.07, 6.45) is 1.56. The quantitative estimate of drug-likeness (QED) is 0.445. The number of ether oxygens (including phenoxy) is 1. The van der Waals surface area contributed by atoms with E-state index < -0.39 is 5.82 Å². The Bertz CT molecular complexity index is 1090. The first-order chi connectivity index (χ1) is 13.6. The second-order valence-corrected chi connectivity index (χ2v) is 7.05. The number of fused-ring (bicyclic) bond motifs is 1. The molecule has 4 rings (SSSR count). The lowest BCUT2D eigenvalue weighted by Gasteiger charge is -2.18. The molecular formula is C21H17FN2O3S. The number of amides is 1. The van der Waals surface area contributed by atoms with Crippen LogP contribution in [0.5, 0.6) is 5.75 Å². The molecule has 0 fully saturated rings. The first-order valence-corrected chi connectivity index (χ1v) is 9.59. The molecule has 0 aliphatic carbocycles. The van der Waals surface area contributed by atoms with Gasteiger partial charge in [0.25, 0.3) is 5.91 Å². The highest BCUT2D eigenvalue weighted by Crippen LogP contribution is 2.33. The summed E-state index contributed by atoms with van der Waals surface area (Å²) in [7, 11) is 0. The highest BCUT2D eigenvalue weighted by Gasteiger charge is 2.23. The van der Waals surface area contributed by atoms with Crippen LogP contribution >= 0.6 is 11.3 Å². The van der Waals surface area contributed by atoms with Crippen molar-refractivity contribution in [3.63, 3.8) is 0 Å². The normalized spacial score (nSPS) is 10.9. The molecule has 142 valence electrons. The number of aromatic nitrogens is 1. The van der Waals surface area contributed by atoms with Crippen LogP contribution < -0.4 is 9.64 Å². The molecule has 2 aromatic heterocycles. The van der Waals surface area contributed by atoms with Gasteiger partial charge in [0, 0.05) is 5.56 Å². The van der Waals surface area contributed by atoms with E-state index in [2.05, 4.69) is 4.98 Å². The Labute approximate surface area is 165 Å². The van der Waals surface area contributed by atoms with Crippen LogP contribution in [0.25, 0.3) is 10.2 Å². The van der Waals surface area contributed by atoms with E-state index in [1.807, 2.05) is 25.1 Å². The van der Waals surface area contributed by atoms with Crippen LogP contribution in [0.4, 0.5) is 9.52 Å². The minimum atomic E-state index is -0.391. The topological polar surface area (TPSA) is 55.6 Å². The number of carbonyl (C=O) groups is 1. The Morgan fingerprint density at radius 1 is 1.21 bits per heavy atom. The van der Waals surface area contributed by atoms with Crippen molar-refractivity contribution >= 4 is 32.6 Å². The minimum Gasteiger partial charge on any atom is -0.494 e. The first-order valence-electron chi connectivity index (χ1n) is 8.77. The van der Waals surface area contributed by atoms with Crippen LogP contribution in [0.15, 0.2) is 65.3 Å². The summed E-state index contributed by atoms with van der Waals surface area (Å²) >= 11 is 1.39. The van der Waals surface area contributed by atoms with E-state index in [1.165, 1.54) is 40.5 Å². The maximum absolute atomic E-state index is 13.3. The molecule has 0 saturated carbocycles. The number of carbonyl (C=O) groups excluding carboxylic acids is 1. The van der Waals surface area contributed by atoms with E-state index in [0.29, 0.717) is 23.1 Å². The molecule has 0 bridgehead atoms. The number of thiazole rings is 1. The Morgan fingerprint density at radius 2 is 2.04 bits per heavy atom. The lowest BCUT2D eigenvalue weighted by Crippen LogP contribution is -2.30. The van der Waals surface area contributed by atoms with Gasteiger partial charge in [0.05, 0.1) is 29.6 Å². The van der Waals surface area contributed by atoms with E-state index in [-0.39, 0.29) is 12.5 Å². The van der Waals surface area contributed by atoms with Gasteiger partial charge in [-0.05, 0) is 61.5 Å². The summed E-state index contributed by atoms with van der Waals surface area (Å²) in [6.45, 7) is 2.72. The molecule has 0 aliphatic rings. The average molecular weight is 396 g/mol. The summed E-state index contributed by atoms with van der Waals surface area (Å²) < 4.78 is 25.1. The van der Waals surface area contributed by atoms with Crippen LogP contribution in [0.3, 0.4) is 0 Å². The van der Waals surface area contributed by atoms with Gasteiger partial charge in [-0.1, -0.05) is 11.3 Å². The van der Waals surface area contributed by atoms with Crippen molar-refractivity contribution in [3.8, 4) is 5.75 Å². The molecule has 0 unspecified atom stereocenters. The van der Waals surface area contributed by atoms with Gasteiger partial charge in [-0.2, -0.15) is 0 Å². The van der Waals surface area contributed by atoms with Crippen LogP contribution in [0, 0.1) is 5.82 Å². The average Bonchev–Trinajstić information content (AvgIpc) is 3.35. The maximum atomic E-state index is 13.3. The Morgan fingerprint density at radius 3 is 2.75 bits per heavy atom. The molecule has 5 nitrogen and oxygen atoms in total. The van der Waals surface area contributed by atoms with Crippen LogP contribution in [0.1, 0.15) is 23.0 Å². The Kier molecular flexibility index (Phi) is 5.08. The van der Waals surface area contributed by atoms with Crippen molar-refractivity contribution in [2.75, 3.05) is 11.5 Å². The fourth-order valence-corrected chi connectivity index (χ4v) is 3.79. The third-order valence-corrected chi connectivity index (χ3v) is 5.16. The predicted octanol–water partition coefficient (Wildman–Crippen LogP) is 5.27. The molecule has 1 amide bonds. The summed E-state index contributed by atoms with van der Waals surface area (Å²) in [5, 5.41) is 0.536. The van der Waals surface area contributed by atoms with Crippen LogP contribution in [0.2, 0.25) is 0 Å². The van der Waals surface area contributed by atoms with Gasteiger partial charge >= 0.3 is 0 Å². The highest BCUT2D eigenvalue weighted by atomic mass is 32.1. The molecule has 7 heteroatoms. The number of rotatable bonds is 6. The predicted molar refractivity (Wildman–Crippen MR) is 106 cm³/mol. The molecular weight excluding hydrogens is 379 g/mol. The highest BCUT2D eigenvalue weighted by molar-refractivity contribution is 7.22. The molecule has 0 saturated heterocycles. The van der Waals surface area contributed by atoms with Crippen molar-refractivity contribution in [1.29, 1.82) is 0 Å². The number of hydrogen-bond donors (Lipinski definition) is 0. The van der Waals surface area contributed by atoms with E-state index in [0.717, 1.165) is 16.0 Å². The number of nitrogens with zero attached hydrogens (tertiary/aromatic N) is 2. The fourth-order valence-electron chi connectivity index (χ4n) is 2.80. The molecule has 4 aromatic rings. The van der Waals surface area contributed by atoms with Crippen molar-refractivity contribution in [1.82, 2.24) is 4.98 Å². The number of benzene rings is 2. The maximum Gasteiger partial charge on any atom is 0.260 e. The van der Waals surface area contributed by atoms with Crippen molar-refractivity contribution < 1.29 is 18.3 Å². The SMILES string of the molecule is CCOc1ccc2nc(N(Cc3ccco3)C(=O)c3ccc(F)cc3)sc2c1. The van der Waals surface area contributed by atoms with Gasteiger partial charge in [-0.3, -0.25) is 9.69 Å². The second kappa shape index (κ2) is 7.82. The lowest BCUT2D eigenvalue weighted by molar-refractivity contribution is 0.0983. The molecule has 0 aliphatic heterocycles. The molecule has 0 atom stereocenters. The monoisotopic (exact) mass is 396 g/mol. The van der Waals surface area contributed by atoms with Crippen molar-refractivity contribution in [2.45, 2.75) is 13.5 Å². The van der Waals surface area contributed by atoms with E-state index in [1.54, 1.807) is 18.4 Å². The smallest absolute Gasteiger partial charge is 0.260 e. The zero-order chi connectivity index (χ0) is 19.5. The van der Waals surface area contributed by atoms with E-state index >= 15 is 0 Å². The summed E-state index contributed by atoms with van der Waals surface area (Å²) in [5.74, 6) is 0.718. The second-order valence-electron chi connectivity index (χ2n) is 6.04.